The number of fused-ring (bicyclic) bond motifs is 2. The Kier molecular flexibility index (Phi) is 5.80. The van der Waals surface area contributed by atoms with Crippen molar-refractivity contribution >= 4 is 28.1 Å². The van der Waals surface area contributed by atoms with Gasteiger partial charge in [-0.05, 0) is 42.8 Å². The molecular weight excluding hydrogens is 442 g/mol. The number of benzene rings is 3. The van der Waals surface area contributed by atoms with Crippen molar-refractivity contribution in [2.45, 2.75) is 18.9 Å². The second kappa shape index (κ2) is 8.94. The predicted octanol–water partition coefficient (Wildman–Crippen LogP) is 3.83. The molecule has 0 fully saturated rings. The fraction of sp³-hybridized carbons (Fsp3) is 0.179. The summed E-state index contributed by atoms with van der Waals surface area (Å²) in [5.41, 5.74) is -0.127. The van der Waals surface area contributed by atoms with Gasteiger partial charge in [0.25, 0.3) is 11.5 Å². The molecular formula is C28H25N3O4. The molecule has 0 bridgehead atoms. The summed E-state index contributed by atoms with van der Waals surface area (Å²) in [5, 5.41) is 26.7. The molecule has 0 unspecified atom stereocenters. The molecule has 1 aromatic heterocycles. The number of hydrogen-bond donors (Lipinski definition) is 2. The van der Waals surface area contributed by atoms with Crippen LogP contribution in [0.1, 0.15) is 18.9 Å². The molecule has 1 amide bonds. The number of amides is 1. The van der Waals surface area contributed by atoms with Crippen LogP contribution in [0.4, 0.5) is 11.4 Å². The highest BCUT2D eigenvalue weighted by atomic mass is 16.3. The lowest BCUT2D eigenvalue weighted by atomic mass is 9.82. The Balaban J connectivity index is 1.70. The molecule has 2 atom stereocenters. The number of rotatable bonds is 6. The van der Waals surface area contributed by atoms with Gasteiger partial charge in [-0.1, -0.05) is 55.5 Å². The van der Waals surface area contributed by atoms with Crippen molar-refractivity contribution in [3.63, 3.8) is 0 Å². The maximum Gasteiger partial charge on any atom is 0.279 e. The molecule has 0 saturated heterocycles. The first-order chi connectivity index (χ1) is 17.0. The highest BCUT2D eigenvalue weighted by molar-refractivity contribution is 6.12. The first-order valence-corrected chi connectivity index (χ1v) is 11.5. The van der Waals surface area contributed by atoms with Gasteiger partial charge >= 0.3 is 0 Å². The van der Waals surface area contributed by atoms with Crippen LogP contribution in [0.5, 0.6) is 0 Å². The molecule has 7 heteroatoms. The molecule has 2 N–H and O–H groups in total. The van der Waals surface area contributed by atoms with Gasteiger partial charge in [0.1, 0.15) is 0 Å². The van der Waals surface area contributed by atoms with E-state index in [1.807, 2.05) is 42.5 Å². The van der Waals surface area contributed by atoms with Crippen LogP contribution in [-0.4, -0.2) is 32.5 Å². The smallest absolute Gasteiger partial charge is 0.279 e. The molecule has 0 spiro atoms. The molecule has 5 rings (SSSR count). The zero-order valence-corrected chi connectivity index (χ0v) is 19.2. The molecule has 7 nitrogen and oxygen atoms in total. The molecule has 0 aliphatic carbocycles. The van der Waals surface area contributed by atoms with E-state index in [0.717, 1.165) is 5.39 Å². The van der Waals surface area contributed by atoms with Gasteiger partial charge in [0.2, 0.25) is 0 Å². The van der Waals surface area contributed by atoms with Crippen molar-refractivity contribution in [1.82, 2.24) is 9.78 Å². The van der Waals surface area contributed by atoms with Gasteiger partial charge in [0.15, 0.2) is 5.60 Å². The number of para-hydroxylation sites is 1. The van der Waals surface area contributed by atoms with Crippen LogP contribution in [0.25, 0.3) is 16.5 Å². The van der Waals surface area contributed by atoms with Crippen LogP contribution in [0.3, 0.4) is 0 Å². The van der Waals surface area contributed by atoms with E-state index in [1.54, 1.807) is 55.6 Å². The first kappa shape index (κ1) is 22.7. The summed E-state index contributed by atoms with van der Waals surface area (Å²) >= 11 is 0. The Morgan fingerprint density at radius 1 is 1.00 bits per heavy atom. The van der Waals surface area contributed by atoms with Gasteiger partial charge in [0, 0.05) is 29.2 Å². The Bertz CT molecular complexity index is 1500. The van der Waals surface area contributed by atoms with Crippen LogP contribution in [-0.2, 0) is 10.4 Å². The summed E-state index contributed by atoms with van der Waals surface area (Å²) < 4.78 is 1.28. The van der Waals surface area contributed by atoms with Crippen LogP contribution in [0.2, 0.25) is 0 Å². The van der Waals surface area contributed by atoms with E-state index in [-0.39, 0.29) is 12.2 Å². The minimum Gasteiger partial charge on any atom is -0.396 e. The van der Waals surface area contributed by atoms with Gasteiger partial charge in [0.05, 0.1) is 23.0 Å². The minimum atomic E-state index is -1.87. The van der Waals surface area contributed by atoms with Crippen molar-refractivity contribution < 1.29 is 15.0 Å². The number of hydrogen-bond acceptors (Lipinski definition) is 5. The van der Waals surface area contributed by atoms with E-state index in [4.69, 9.17) is 5.11 Å². The zero-order valence-electron chi connectivity index (χ0n) is 19.2. The van der Waals surface area contributed by atoms with Crippen LogP contribution in [0, 0.1) is 5.92 Å². The SMILES string of the molecule is C[C@@H](/C=C/CCO)[C@]1(O)C(=O)N(c2ccccc2)c2ccc(-n3ncc4ccccc4c3=O)cc21. The molecule has 2 heterocycles. The molecule has 0 radical (unpaired) electrons. The molecule has 35 heavy (non-hydrogen) atoms. The van der Waals surface area contributed by atoms with Crippen molar-refractivity contribution in [3.8, 4) is 5.69 Å². The lowest BCUT2D eigenvalue weighted by molar-refractivity contribution is -0.138. The normalized spacial score (nSPS) is 18.4. The monoisotopic (exact) mass is 467 g/mol. The van der Waals surface area contributed by atoms with E-state index >= 15 is 0 Å². The Hall–Kier alpha value is -4.07. The van der Waals surface area contributed by atoms with Crippen molar-refractivity contribution in [1.29, 1.82) is 0 Å². The fourth-order valence-electron chi connectivity index (χ4n) is 4.61. The summed E-state index contributed by atoms with van der Waals surface area (Å²) in [7, 11) is 0. The summed E-state index contributed by atoms with van der Waals surface area (Å²) in [6.45, 7) is 1.74. The molecule has 4 aromatic rings. The summed E-state index contributed by atoms with van der Waals surface area (Å²) in [6, 6.07) is 21.5. The standard InChI is InChI=1S/C28H25N3O4/c1-19(9-7-8-16-32)28(35)24-17-22(31-26(33)23-13-6-5-10-20(23)18-29-31)14-15-25(24)30(27(28)34)21-11-3-2-4-12-21/h2-7,9-15,17-19,32,35H,8,16H2,1H3/b9-7+/t19-,28+/m0/s1. The van der Waals surface area contributed by atoms with Crippen molar-refractivity contribution in [2.75, 3.05) is 11.5 Å². The molecule has 1 aliphatic heterocycles. The molecule has 176 valence electrons. The average Bonchev–Trinajstić information content (AvgIpc) is 3.12. The maximum atomic E-state index is 13.8. The largest absolute Gasteiger partial charge is 0.396 e. The number of anilines is 2. The highest BCUT2D eigenvalue weighted by Gasteiger charge is 2.53. The lowest BCUT2D eigenvalue weighted by Crippen LogP contribution is -2.42. The zero-order chi connectivity index (χ0) is 24.6. The summed E-state index contributed by atoms with van der Waals surface area (Å²) in [5.74, 6) is -1.07. The quantitative estimate of drug-likeness (QED) is 0.420. The fourth-order valence-corrected chi connectivity index (χ4v) is 4.61. The van der Waals surface area contributed by atoms with E-state index in [0.29, 0.717) is 34.4 Å². The third-order valence-electron chi connectivity index (χ3n) is 6.50. The summed E-state index contributed by atoms with van der Waals surface area (Å²) in [6.07, 6.45) is 5.53. The van der Waals surface area contributed by atoms with E-state index < -0.39 is 17.4 Å². The average molecular weight is 468 g/mol. The number of aromatic nitrogens is 2. The Morgan fingerprint density at radius 3 is 2.51 bits per heavy atom. The Morgan fingerprint density at radius 2 is 1.74 bits per heavy atom. The van der Waals surface area contributed by atoms with Gasteiger partial charge in [-0.3, -0.25) is 14.5 Å². The van der Waals surface area contributed by atoms with Crippen LogP contribution < -0.4 is 10.5 Å². The van der Waals surface area contributed by atoms with Crippen molar-refractivity contribution in [2.24, 2.45) is 5.92 Å². The van der Waals surface area contributed by atoms with Gasteiger partial charge in [-0.15, -0.1) is 0 Å². The van der Waals surface area contributed by atoms with E-state index in [9.17, 15) is 14.7 Å². The minimum absolute atomic E-state index is 0.0248. The topological polar surface area (TPSA) is 95.7 Å². The highest BCUT2D eigenvalue weighted by Crippen LogP contribution is 2.48. The summed E-state index contributed by atoms with van der Waals surface area (Å²) in [4.78, 5) is 28.4. The van der Waals surface area contributed by atoms with E-state index in [2.05, 4.69) is 5.10 Å². The second-order valence-electron chi connectivity index (χ2n) is 8.62. The van der Waals surface area contributed by atoms with Gasteiger partial charge in [-0.25, -0.2) is 0 Å². The second-order valence-corrected chi connectivity index (χ2v) is 8.62. The number of carbonyl (C=O) groups excluding carboxylic acids is 1. The molecule has 3 aromatic carbocycles. The van der Waals surface area contributed by atoms with Gasteiger partial charge < -0.3 is 10.2 Å². The van der Waals surface area contributed by atoms with Gasteiger partial charge in [-0.2, -0.15) is 9.78 Å². The first-order valence-electron chi connectivity index (χ1n) is 11.5. The number of nitrogens with zero attached hydrogens (tertiary/aromatic N) is 3. The third kappa shape index (κ3) is 3.65. The third-order valence-corrected chi connectivity index (χ3v) is 6.50. The lowest BCUT2D eigenvalue weighted by Gasteiger charge is -2.27. The molecule has 1 aliphatic rings. The number of aliphatic hydroxyl groups excluding tert-OH is 1. The van der Waals surface area contributed by atoms with Crippen LogP contribution in [0.15, 0.2) is 95.9 Å². The maximum absolute atomic E-state index is 13.8. The van der Waals surface area contributed by atoms with Crippen molar-refractivity contribution in [3.05, 3.63) is 107 Å². The Labute approximate surface area is 202 Å². The van der Waals surface area contributed by atoms with E-state index in [1.165, 1.54) is 9.58 Å². The number of aliphatic hydroxyl groups is 2. The van der Waals surface area contributed by atoms with Crippen LogP contribution >= 0.6 is 0 Å². The predicted molar refractivity (Wildman–Crippen MR) is 135 cm³/mol. The number of carbonyl (C=O) groups is 1. The molecule has 0 saturated carbocycles.